The second-order valence-electron chi connectivity index (χ2n) is 3.94. The largest absolute Gasteiger partial charge is 0.373 e. The average molecular weight is 155 g/mol. The highest BCUT2D eigenvalue weighted by Gasteiger charge is 2.27. The van der Waals surface area contributed by atoms with E-state index < -0.39 is 0 Å². The highest BCUT2D eigenvalue weighted by atomic mass is 16.6. The summed E-state index contributed by atoms with van der Waals surface area (Å²) >= 11 is 0. The molecule has 64 valence electrons. The van der Waals surface area contributed by atoms with Gasteiger partial charge >= 0.3 is 0 Å². The van der Waals surface area contributed by atoms with Gasteiger partial charge in [0.2, 0.25) is 0 Å². The number of ether oxygens (including phenoxy) is 1. The summed E-state index contributed by atoms with van der Waals surface area (Å²) in [5, 5.41) is 0. The number of epoxide rings is 1. The van der Waals surface area contributed by atoms with Gasteiger partial charge < -0.3 is 9.64 Å². The van der Waals surface area contributed by atoms with Gasteiger partial charge in [-0.15, -0.1) is 0 Å². The van der Waals surface area contributed by atoms with E-state index >= 15 is 0 Å². The molecule has 2 aliphatic heterocycles. The fourth-order valence-corrected chi connectivity index (χ4v) is 1.87. The SMILES string of the molecule is CN1CCC(CC2CO2)CC1. The van der Waals surface area contributed by atoms with E-state index in [2.05, 4.69) is 11.9 Å². The molecule has 2 heteroatoms. The van der Waals surface area contributed by atoms with Crippen LogP contribution in [0.5, 0.6) is 0 Å². The van der Waals surface area contributed by atoms with Gasteiger partial charge in [0.25, 0.3) is 0 Å². The third kappa shape index (κ3) is 2.17. The van der Waals surface area contributed by atoms with Crippen LogP contribution < -0.4 is 0 Å². The van der Waals surface area contributed by atoms with Gasteiger partial charge in [0, 0.05) is 0 Å². The number of nitrogens with zero attached hydrogens (tertiary/aromatic N) is 1. The van der Waals surface area contributed by atoms with E-state index in [-0.39, 0.29) is 0 Å². The van der Waals surface area contributed by atoms with E-state index in [1.165, 1.54) is 32.4 Å². The normalized spacial score (nSPS) is 34.1. The molecule has 0 aliphatic carbocycles. The van der Waals surface area contributed by atoms with Crippen molar-refractivity contribution in [3.05, 3.63) is 0 Å². The van der Waals surface area contributed by atoms with Crippen molar-refractivity contribution < 1.29 is 4.74 Å². The summed E-state index contributed by atoms with van der Waals surface area (Å²) in [5.41, 5.74) is 0. The van der Waals surface area contributed by atoms with Gasteiger partial charge in [0.15, 0.2) is 0 Å². The van der Waals surface area contributed by atoms with Crippen molar-refractivity contribution in [2.45, 2.75) is 25.4 Å². The highest BCUT2D eigenvalue weighted by molar-refractivity contribution is 4.77. The van der Waals surface area contributed by atoms with Crippen LogP contribution >= 0.6 is 0 Å². The molecule has 0 aromatic heterocycles. The Hall–Kier alpha value is -0.0800. The first kappa shape index (κ1) is 7.56. The molecule has 11 heavy (non-hydrogen) atoms. The first-order valence-electron chi connectivity index (χ1n) is 4.65. The monoisotopic (exact) mass is 155 g/mol. The molecule has 0 spiro atoms. The molecule has 2 saturated heterocycles. The maximum atomic E-state index is 5.22. The summed E-state index contributed by atoms with van der Waals surface area (Å²) in [4.78, 5) is 2.42. The smallest absolute Gasteiger partial charge is 0.0812 e. The van der Waals surface area contributed by atoms with Crippen LogP contribution in [-0.2, 0) is 4.74 Å². The molecular formula is C9H17NO. The average Bonchev–Trinajstić information content (AvgIpc) is 2.78. The molecule has 2 rings (SSSR count). The van der Waals surface area contributed by atoms with Crippen molar-refractivity contribution in [3.63, 3.8) is 0 Å². The standard InChI is InChI=1S/C9H17NO/c1-10-4-2-8(3-5-10)6-9-7-11-9/h8-9H,2-7H2,1H3. The Balaban J connectivity index is 1.69. The topological polar surface area (TPSA) is 15.8 Å². The van der Waals surface area contributed by atoms with Crippen LogP contribution in [0.15, 0.2) is 0 Å². The van der Waals surface area contributed by atoms with Gasteiger partial charge in [-0.3, -0.25) is 0 Å². The molecular weight excluding hydrogens is 138 g/mol. The van der Waals surface area contributed by atoms with Crippen molar-refractivity contribution in [2.24, 2.45) is 5.92 Å². The fourth-order valence-electron chi connectivity index (χ4n) is 1.87. The second-order valence-corrected chi connectivity index (χ2v) is 3.94. The van der Waals surface area contributed by atoms with E-state index in [0.29, 0.717) is 6.10 Å². The summed E-state index contributed by atoms with van der Waals surface area (Å²) in [5.74, 6) is 0.957. The van der Waals surface area contributed by atoms with Crippen LogP contribution in [0.3, 0.4) is 0 Å². The number of hydrogen-bond donors (Lipinski definition) is 0. The first-order valence-corrected chi connectivity index (χ1v) is 4.65. The van der Waals surface area contributed by atoms with Crippen LogP contribution in [0, 0.1) is 5.92 Å². The minimum Gasteiger partial charge on any atom is -0.373 e. The Bertz CT molecular complexity index is 126. The van der Waals surface area contributed by atoms with E-state index in [1.54, 1.807) is 0 Å². The number of piperidine rings is 1. The van der Waals surface area contributed by atoms with Crippen molar-refractivity contribution in [1.82, 2.24) is 4.90 Å². The minimum atomic E-state index is 0.642. The van der Waals surface area contributed by atoms with Crippen molar-refractivity contribution in [2.75, 3.05) is 26.7 Å². The summed E-state index contributed by atoms with van der Waals surface area (Å²) < 4.78 is 5.22. The Morgan fingerprint density at radius 3 is 2.55 bits per heavy atom. The minimum absolute atomic E-state index is 0.642. The molecule has 0 radical (unpaired) electrons. The predicted octanol–water partition coefficient (Wildman–Crippen LogP) is 1.12. The molecule has 0 aromatic rings. The summed E-state index contributed by atoms with van der Waals surface area (Å²) in [6.07, 6.45) is 4.74. The fraction of sp³-hybridized carbons (Fsp3) is 1.00. The lowest BCUT2D eigenvalue weighted by Gasteiger charge is -2.28. The van der Waals surface area contributed by atoms with Gasteiger partial charge in [-0.2, -0.15) is 0 Å². The molecule has 1 atom stereocenters. The van der Waals surface area contributed by atoms with Crippen molar-refractivity contribution >= 4 is 0 Å². The highest BCUT2D eigenvalue weighted by Crippen LogP contribution is 2.26. The van der Waals surface area contributed by atoms with Crippen LogP contribution in [0.1, 0.15) is 19.3 Å². The van der Waals surface area contributed by atoms with E-state index in [1.807, 2.05) is 0 Å². The quantitative estimate of drug-likeness (QED) is 0.555. The second kappa shape index (κ2) is 3.11. The zero-order valence-electron chi connectivity index (χ0n) is 7.25. The van der Waals surface area contributed by atoms with Crippen LogP contribution in [0.4, 0.5) is 0 Å². The van der Waals surface area contributed by atoms with Gasteiger partial charge in [-0.25, -0.2) is 0 Å². The Morgan fingerprint density at radius 1 is 1.36 bits per heavy atom. The number of rotatable bonds is 2. The molecule has 0 saturated carbocycles. The lowest BCUT2D eigenvalue weighted by atomic mass is 9.93. The molecule has 2 fully saturated rings. The summed E-state index contributed by atoms with van der Waals surface area (Å²) in [6, 6.07) is 0. The molecule has 0 bridgehead atoms. The van der Waals surface area contributed by atoms with E-state index in [0.717, 1.165) is 12.5 Å². The molecule has 2 heterocycles. The summed E-state index contributed by atoms with van der Waals surface area (Å²) in [7, 11) is 2.21. The lowest BCUT2D eigenvalue weighted by molar-refractivity contribution is 0.201. The molecule has 1 unspecified atom stereocenters. The number of likely N-dealkylation sites (tertiary alicyclic amines) is 1. The van der Waals surface area contributed by atoms with E-state index in [9.17, 15) is 0 Å². The van der Waals surface area contributed by atoms with Crippen molar-refractivity contribution in [3.8, 4) is 0 Å². The summed E-state index contributed by atoms with van der Waals surface area (Å²) in [6.45, 7) is 3.61. The Morgan fingerprint density at radius 2 is 2.00 bits per heavy atom. The first-order chi connectivity index (χ1) is 5.34. The maximum Gasteiger partial charge on any atom is 0.0812 e. The molecule has 0 amide bonds. The number of hydrogen-bond acceptors (Lipinski definition) is 2. The molecule has 0 N–H and O–H groups in total. The van der Waals surface area contributed by atoms with Gasteiger partial charge in [-0.05, 0) is 45.3 Å². The van der Waals surface area contributed by atoms with E-state index in [4.69, 9.17) is 4.74 Å². The van der Waals surface area contributed by atoms with Crippen LogP contribution in [-0.4, -0.2) is 37.7 Å². The molecule has 0 aromatic carbocycles. The Kier molecular flexibility index (Phi) is 2.14. The van der Waals surface area contributed by atoms with Gasteiger partial charge in [-0.1, -0.05) is 0 Å². The Labute approximate surface area is 68.5 Å². The lowest BCUT2D eigenvalue weighted by Crippen LogP contribution is -2.30. The van der Waals surface area contributed by atoms with Gasteiger partial charge in [0.05, 0.1) is 12.7 Å². The third-order valence-electron chi connectivity index (χ3n) is 2.84. The van der Waals surface area contributed by atoms with Crippen molar-refractivity contribution in [1.29, 1.82) is 0 Å². The zero-order chi connectivity index (χ0) is 7.68. The zero-order valence-corrected chi connectivity index (χ0v) is 7.25. The van der Waals surface area contributed by atoms with Gasteiger partial charge in [0.1, 0.15) is 0 Å². The third-order valence-corrected chi connectivity index (χ3v) is 2.84. The predicted molar refractivity (Wildman–Crippen MR) is 44.6 cm³/mol. The van der Waals surface area contributed by atoms with Crippen LogP contribution in [0.25, 0.3) is 0 Å². The molecule has 2 aliphatic rings. The maximum absolute atomic E-state index is 5.22. The van der Waals surface area contributed by atoms with Crippen LogP contribution in [0.2, 0.25) is 0 Å². The molecule has 2 nitrogen and oxygen atoms in total.